The third-order valence-corrected chi connectivity index (χ3v) is 7.09. The van der Waals surface area contributed by atoms with Gasteiger partial charge in [0.15, 0.2) is 0 Å². The van der Waals surface area contributed by atoms with Gasteiger partial charge >= 0.3 is 6.18 Å². The van der Waals surface area contributed by atoms with Gasteiger partial charge in [-0.3, -0.25) is 4.79 Å². The third kappa shape index (κ3) is 4.38. The second-order valence-electron chi connectivity index (χ2n) is 8.78. The van der Waals surface area contributed by atoms with Crippen LogP contribution in [0.4, 0.5) is 24.5 Å². The average molecular weight is 480 g/mol. The minimum Gasteiger partial charge on any atom is -0.378 e. The van der Waals surface area contributed by atoms with Gasteiger partial charge in [0.25, 0.3) is 0 Å². The summed E-state index contributed by atoms with van der Waals surface area (Å²) < 4.78 is 45.6. The fraction of sp³-hybridized carbons (Fsp3) is 0.458. The van der Waals surface area contributed by atoms with Gasteiger partial charge < -0.3 is 19.4 Å². The highest BCUT2D eigenvalue weighted by molar-refractivity contribution is 6.30. The topological polar surface area (TPSA) is 36.0 Å². The molecule has 2 aromatic carbocycles. The Morgan fingerprint density at radius 1 is 1.03 bits per heavy atom. The lowest BCUT2D eigenvalue weighted by atomic mass is 9.82. The number of morpholine rings is 1. The summed E-state index contributed by atoms with van der Waals surface area (Å²) in [5.74, 6) is -0.439. The smallest absolute Gasteiger partial charge is 0.378 e. The molecular formula is C24H25ClF3N3O2. The summed E-state index contributed by atoms with van der Waals surface area (Å²) in [7, 11) is 0. The molecule has 2 aromatic rings. The van der Waals surface area contributed by atoms with Crippen LogP contribution in [0.2, 0.25) is 5.02 Å². The molecule has 9 heteroatoms. The Kier molecular flexibility index (Phi) is 5.91. The van der Waals surface area contributed by atoms with Gasteiger partial charge in [-0.15, -0.1) is 0 Å². The first-order valence-electron chi connectivity index (χ1n) is 11.1. The lowest BCUT2D eigenvalue weighted by molar-refractivity contribution is -0.140. The third-order valence-electron chi connectivity index (χ3n) is 6.85. The number of carbonyl (C=O) groups excluding carboxylic acids is 1. The van der Waals surface area contributed by atoms with E-state index in [1.807, 2.05) is 24.3 Å². The number of hydrogen-bond donors (Lipinski definition) is 0. The number of ether oxygens (including phenoxy) is 1. The number of alkyl halides is 3. The number of amides is 1. The average Bonchev–Trinajstić information content (AvgIpc) is 2.82. The molecule has 1 amide bonds. The van der Waals surface area contributed by atoms with Crippen molar-refractivity contribution in [1.82, 2.24) is 4.90 Å². The molecule has 0 N–H and O–H groups in total. The molecule has 5 nitrogen and oxygen atoms in total. The van der Waals surface area contributed by atoms with Crippen LogP contribution in [-0.4, -0.2) is 62.8 Å². The van der Waals surface area contributed by atoms with E-state index in [1.165, 1.54) is 6.07 Å². The molecule has 0 radical (unpaired) electrons. The van der Waals surface area contributed by atoms with Crippen LogP contribution in [-0.2, 0) is 22.1 Å². The van der Waals surface area contributed by atoms with Crippen LogP contribution < -0.4 is 9.80 Å². The molecule has 5 rings (SSSR count). The zero-order valence-electron chi connectivity index (χ0n) is 18.0. The Labute approximate surface area is 195 Å². The standard InChI is InChI=1S/C24H25ClF3N3O2/c25-18-2-1-3-19(14-18)30-6-7-31-21-5-4-17(24(26,27)28)12-16(21)13-20(22(31)15-30)23(32)29-8-10-33-11-9-29/h1-5,12,14,20,22H,6-11,13,15H2/t20-,22-/m0/s1. The van der Waals surface area contributed by atoms with Crippen LogP contribution in [0.25, 0.3) is 0 Å². The Morgan fingerprint density at radius 3 is 2.55 bits per heavy atom. The first kappa shape index (κ1) is 22.3. The van der Waals surface area contributed by atoms with E-state index < -0.39 is 17.7 Å². The number of anilines is 2. The van der Waals surface area contributed by atoms with Crippen molar-refractivity contribution in [2.75, 3.05) is 55.7 Å². The van der Waals surface area contributed by atoms with Gasteiger partial charge in [-0.25, -0.2) is 0 Å². The minimum atomic E-state index is -4.42. The van der Waals surface area contributed by atoms with E-state index >= 15 is 0 Å². The van der Waals surface area contributed by atoms with Crippen molar-refractivity contribution < 1.29 is 22.7 Å². The summed E-state index contributed by atoms with van der Waals surface area (Å²) in [6.07, 6.45) is -4.12. The predicted molar refractivity (Wildman–Crippen MR) is 121 cm³/mol. The molecule has 2 saturated heterocycles. The molecule has 0 aliphatic carbocycles. The summed E-state index contributed by atoms with van der Waals surface area (Å²) in [6, 6.07) is 11.4. The number of carbonyl (C=O) groups is 1. The first-order valence-corrected chi connectivity index (χ1v) is 11.5. The van der Waals surface area contributed by atoms with Crippen LogP contribution >= 0.6 is 11.6 Å². The van der Waals surface area contributed by atoms with Gasteiger partial charge in [-0.2, -0.15) is 13.2 Å². The van der Waals surface area contributed by atoms with Gasteiger partial charge in [0, 0.05) is 49.1 Å². The maximum absolute atomic E-state index is 13.6. The molecule has 0 aromatic heterocycles. The highest BCUT2D eigenvalue weighted by atomic mass is 35.5. The second kappa shape index (κ2) is 8.72. The highest BCUT2D eigenvalue weighted by Gasteiger charge is 2.44. The van der Waals surface area contributed by atoms with Crippen molar-refractivity contribution in [3.05, 3.63) is 58.6 Å². The molecule has 176 valence electrons. The number of piperazine rings is 1. The van der Waals surface area contributed by atoms with Crippen molar-refractivity contribution in [3.8, 4) is 0 Å². The quantitative estimate of drug-likeness (QED) is 0.650. The summed E-state index contributed by atoms with van der Waals surface area (Å²) >= 11 is 6.20. The van der Waals surface area contributed by atoms with E-state index in [1.54, 1.807) is 11.0 Å². The van der Waals surface area contributed by atoms with Crippen LogP contribution in [0.3, 0.4) is 0 Å². The highest BCUT2D eigenvalue weighted by Crippen LogP contribution is 2.41. The van der Waals surface area contributed by atoms with E-state index in [-0.39, 0.29) is 11.9 Å². The van der Waals surface area contributed by atoms with Crippen molar-refractivity contribution in [1.29, 1.82) is 0 Å². The van der Waals surface area contributed by atoms with Gasteiger partial charge in [0.1, 0.15) is 0 Å². The summed E-state index contributed by atoms with van der Waals surface area (Å²) in [5, 5.41) is 0.643. The number of benzene rings is 2. The normalized spacial score (nSPS) is 23.2. The monoisotopic (exact) mass is 479 g/mol. The van der Waals surface area contributed by atoms with Crippen LogP contribution in [0.15, 0.2) is 42.5 Å². The SMILES string of the molecule is O=C([C@H]1Cc2cc(C(F)(F)F)ccc2N2CCN(c3cccc(Cl)c3)C[C@@H]12)N1CCOCC1. The molecule has 33 heavy (non-hydrogen) atoms. The number of hydrogen-bond acceptors (Lipinski definition) is 4. The predicted octanol–water partition coefficient (Wildman–Crippen LogP) is 4.09. The lowest BCUT2D eigenvalue weighted by Gasteiger charge is -2.50. The number of rotatable bonds is 2. The molecule has 0 saturated carbocycles. The Bertz CT molecular complexity index is 1040. The number of nitrogens with zero attached hydrogens (tertiary/aromatic N) is 3. The molecule has 0 bridgehead atoms. The fourth-order valence-corrected chi connectivity index (χ4v) is 5.39. The molecule has 0 unspecified atom stereocenters. The fourth-order valence-electron chi connectivity index (χ4n) is 5.21. The Balaban J connectivity index is 1.49. The summed E-state index contributed by atoms with van der Waals surface area (Å²) in [5.41, 5.74) is 1.70. The van der Waals surface area contributed by atoms with Gasteiger partial charge in [-0.1, -0.05) is 17.7 Å². The molecule has 2 atom stereocenters. The molecule has 2 fully saturated rings. The molecule has 3 heterocycles. The summed E-state index contributed by atoms with van der Waals surface area (Å²) in [6.45, 7) is 3.89. The second-order valence-corrected chi connectivity index (χ2v) is 9.21. The van der Waals surface area contributed by atoms with Gasteiger partial charge in [-0.05, 0) is 48.4 Å². The molecule has 0 spiro atoms. The van der Waals surface area contributed by atoms with Gasteiger partial charge in [0.05, 0.1) is 30.7 Å². The maximum atomic E-state index is 13.6. The van der Waals surface area contributed by atoms with E-state index in [0.717, 1.165) is 17.4 Å². The van der Waals surface area contributed by atoms with Gasteiger partial charge in [0.2, 0.25) is 5.91 Å². The summed E-state index contributed by atoms with van der Waals surface area (Å²) in [4.78, 5) is 19.7. The lowest BCUT2D eigenvalue weighted by Crippen LogP contribution is -2.62. The van der Waals surface area contributed by atoms with E-state index in [4.69, 9.17) is 16.3 Å². The largest absolute Gasteiger partial charge is 0.416 e. The zero-order chi connectivity index (χ0) is 23.2. The maximum Gasteiger partial charge on any atom is 0.416 e. The van der Waals surface area contributed by atoms with Crippen LogP contribution in [0, 0.1) is 5.92 Å². The Morgan fingerprint density at radius 2 is 1.82 bits per heavy atom. The van der Waals surface area contributed by atoms with Crippen LogP contribution in [0.1, 0.15) is 11.1 Å². The first-order chi connectivity index (χ1) is 15.8. The minimum absolute atomic E-state index is 0.00990. The number of fused-ring (bicyclic) bond motifs is 3. The molecule has 3 aliphatic heterocycles. The van der Waals surface area contributed by atoms with E-state index in [2.05, 4.69) is 9.80 Å². The number of halogens is 4. The van der Waals surface area contributed by atoms with Crippen molar-refractivity contribution in [2.45, 2.75) is 18.6 Å². The van der Waals surface area contributed by atoms with E-state index in [9.17, 15) is 18.0 Å². The van der Waals surface area contributed by atoms with E-state index in [0.29, 0.717) is 62.9 Å². The zero-order valence-corrected chi connectivity index (χ0v) is 18.8. The molecular weight excluding hydrogens is 455 g/mol. The molecule has 3 aliphatic rings. The van der Waals surface area contributed by atoms with Crippen LogP contribution in [0.5, 0.6) is 0 Å². The Hall–Kier alpha value is -2.45. The van der Waals surface area contributed by atoms with Crippen molar-refractivity contribution >= 4 is 28.9 Å². The van der Waals surface area contributed by atoms with Crippen molar-refractivity contribution in [3.63, 3.8) is 0 Å². The van der Waals surface area contributed by atoms with Crippen molar-refractivity contribution in [2.24, 2.45) is 5.92 Å².